The molecule has 9 heteroatoms. The fourth-order valence-corrected chi connectivity index (χ4v) is 4.32. The Morgan fingerprint density at radius 2 is 1.60 bits per heavy atom. The molecule has 0 aromatic carbocycles. The number of nitrogens with zero attached hydrogens (tertiary/aromatic N) is 5. The van der Waals surface area contributed by atoms with Gasteiger partial charge in [0.05, 0.1) is 0 Å². The van der Waals surface area contributed by atoms with Crippen LogP contribution in [0.3, 0.4) is 0 Å². The van der Waals surface area contributed by atoms with Crippen LogP contribution in [-0.2, 0) is 7.05 Å². The number of likely N-dealkylation sites (tertiary alicyclic amines) is 1. The van der Waals surface area contributed by atoms with Gasteiger partial charge in [0.2, 0.25) is 11.2 Å². The van der Waals surface area contributed by atoms with Gasteiger partial charge in [0.1, 0.15) is 6.61 Å². The molecule has 1 saturated carbocycles. The standard InChI is InChI=1S/C17H24ClN5O2.C7H18S.C2H6/c1-21-9-5-8-12(21)10-25-15-13-14(19-16(18)20-15)23(17(24)22(13)2)11-6-3-4-7-11;1-7(2,3)8(4,5)6;1-2/h11-12H,3-10H2,1-2H3;1-6H3;1-2H3/t12-;;/m0../s1. The second-order valence-corrected chi connectivity index (χ2v) is 16.4. The molecule has 0 spiro atoms. The number of fused-ring (bicyclic) bond motifs is 1. The fourth-order valence-electron chi connectivity index (χ4n) is 4.16. The van der Waals surface area contributed by atoms with Crippen LogP contribution in [0.5, 0.6) is 5.88 Å². The normalized spacial score (nSPS) is 19.8. The molecule has 0 bridgehead atoms. The summed E-state index contributed by atoms with van der Waals surface area (Å²) >= 11 is 6.15. The van der Waals surface area contributed by atoms with Crippen molar-refractivity contribution in [3.8, 4) is 5.88 Å². The third-order valence-corrected chi connectivity index (χ3v) is 11.3. The minimum atomic E-state index is -0.340. The van der Waals surface area contributed by atoms with Gasteiger partial charge in [0, 0.05) is 19.1 Å². The van der Waals surface area contributed by atoms with Gasteiger partial charge in [0.15, 0.2) is 11.2 Å². The minimum absolute atomic E-state index is 0.0682. The number of hydrogen-bond acceptors (Lipinski definition) is 5. The lowest BCUT2D eigenvalue weighted by Crippen LogP contribution is -2.30. The number of ether oxygens (including phenoxy) is 1. The summed E-state index contributed by atoms with van der Waals surface area (Å²) in [5.41, 5.74) is 1.16. The molecule has 2 aromatic rings. The number of likely N-dealkylation sites (N-methyl/N-ethyl adjacent to an activating group) is 1. The highest BCUT2D eigenvalue weighted by molar-refractivity contribution is 8.33. The third-order valence-electron chi connectivity index (χ3n) is 7.47. The van der Waals surface area contributed by atoms with Gasteiger partial charge < -0.3 is 9.64 Å². The fraction of sp³-hybridized carbons (Fsp3) is 0.808. The number of rotatable bonds is 4. The van der Waals surface area contributed by atoms with Crippen molar-refractivity contribution in [2.75, 3.05) is 39.0 Å². The van der Waals surface area contributed by atoms with Crippen molar-refractivity contribution in [3.63, 3.8) is 0 Å². The van der Waals surface area contributed by atoms with Crippen LogP contribution in [-0.4, -0.2) is 73.8 Å². The zero-order valence-electron chi connectivity index (χ0n) is 23.7. The summed E-state index contributed by atoms with van der Waals surface area (Å²) < 4.78 is 9.91. The van der Waals surface area contributed by atoms with Gasteiger partial charge in [-0.3, -0.25) is 9.13 Å². The maximum atomic E-state index is 12.8. The summed E-state index contributed by atoms with van der Waals surface area (Å²) in [6, 6.07) is 0.564. The van der Waals surface area contributed by atoms with Gasteiger partial charge in [-0.1, -0.05) is 47.5 Å². The molecular formula is C26H48ClN5O2S. The van der Waals surface area contributed by atoms with Crippen LogP contribution in [0.4, 0.5) is 0 Å². The summed E-state index contributed by atoms with van der Waals surface area (Å²) in [6.45, 7) is 12.6. The molecule has 0 amide bonds. The average molecular weight is 530 g/mol. The molecule has 2 fully saturated rings. The maximum absolute atomic E-state index is 12.8. The van der Waals surface area contributed by atoms with Gasteiger partial charge in [-0.15, -0.1) is 0 Å². The largest absolute Gasteiger partial charge is 0.474 e. The summed E-state index contributed by atoms with van der Waals surface area (Å²) in [5, 5.41) is 0.125. The average Bonchev–Trinajstić information content (AvgIpc) is 3.48. The van der Waals surface area contributed by atoms with Gasteiger partial charge in [0.25, 0.3) is 0 Å². The Morgan fingerprint density at radius 3 is 2.09 bits per heavy atom. The number of aromatic nitrogens is 4. The summed E-state index contributed by atoms with van der Waals surface area (Å²) in [5.74, 6) is 0.409. The highest BCUT2D eigenvalue weighted by Crippen LogP contribution is 2.48. The van der Waals surface area contributed by atoms with Crippen molar-refractivity contribution in [3.05, 3.63) is 15.8 Å². The SMILES string of the molecule is CC.CC(C)(C)S(C)(C)C.CN1CCC[C@H]1COc1nc(Cl)nc2c1n(C)c(=O)n2C1CCCC1. The Morgan fingerprint density at radius 1 is 1.03 bits per heavy atom. The zero-order chi connectivity index (χ0) is 26.6. The van der Waals surface area contributed by atoms with E-state index < -0.39 is 0 Å². The van der Waals surface area contributed by atoms with Crippen molar-refractivity contribution in [2.45, 2.75) is 90.0 Å². The van der Waals surface area contributed by atoms with Crippen LogP contribution < -0.4 is 10.4 Å². The second-order valence-electron chi connectivity index (χ2n) is 11.2. The molecule has 3 heterocycles. The molecule has 202 valence electrons. The number of halogens is 1. The topological polar surface area (TPSA) is 65.2 Å². The molecule has 2 aromatic heterocycles. The molecule has 0 unspecified atom stereocenters. The van der Waals surface area contributed by atoms with Crippen LogP contribution in [0.15, 0.2) is 4.79 Å². The number of aryl methyl sites for hydroxylation is 1. The predicted molar refractivity (Wildman–Crippen MR) is 153 cm³/mol. The minimum Gasteiger partial charge on any atom is -0.474 e. The molecule has 4 rings (SSSR count). The number of imidazole rings is 1. The highest BCUT2D eigenvalue weighted by atomic mass is 35.5. The molecule has 1 saturated heterocycles. The first kappa shape index (κ1) is 30.0. The molecule has 1 aliphatic carbocycles. The van der Waals surface area contributed by atoms with E-state index in [4.69, 9.17) is 16.3 Å². The molecule has 7 nitrogen and oxygen atoms in total. The van der Waals surface area contributed by atoms with Gasteiger partial charge in [-0.25, -0.2) is 14.8 Å². The summed E-state index contributed by atoms with van der Waals surface area (Å²) in [4.78, 5) is 23.7. The molecule has 1 atom stereocenters. The van der Waals surface area contributed by atoms with E-state index in [1.165, 1.54) is 6.42 Å². The maximum Gasteiger partial charge on any atom is 0.330 e. The van der Waals surface area contributed by atoms with E-state index in [9.17, 15) is 4.79 Å². The first-order valence-corrected chi connectivity index (χ1v) is 16.2. The predicted octanol–water partition coefficient (Wildman–Crippen LogP) is 5.88. The lowest BCUT2D eigenvalue weighted by atomic mass is 10.2. The Balaban J connectivity index is 0.000000371. The van der Waals surface area contributed by atoms with E-state index in [1.807, 2.05) is 13.8 Å². The van der Waals surface area contributed by atoms with Crippen LogP contribution in [0.1, 0.15) is 79.2 Å². The molecular weight excluding hydrogens is 482 g/mol. The van der Waals surface area contributed by atoms with E-state index in [2.05, 4.69) is 61.5 Å². The van der Waals surface area contributed by atoms with E-state index in [-0.39, 0.29) is 27.0 Å². The van der Waals surface area contributed by atoms with E-state index >= 15 is 0 Å². The molecule has 0 N–H and O–H groups in total. The van der Waals surface area contributed by atoms with Gasteiger partial charge in [-0.05, 0) is 74.4 Å². The Bertz CT molecular complexity index is 1000. The first-order chi connectivity index (χ1) is 16.3. The van der Waals surface area contributed by atoms with E-state index in [1.54, 1.807) is 16.2 Å². The molecule has 35 heavy (non-hydrogen) atoms. The van der Waals surface area contributed by atoms with Crippen LogP contribution in [0.2, 0.25) is 5.28 Å². The quantitative estimate of drug-likeness (QED) is 0.463. The molecule has 1 aliphatic heterocycles. The lowest BCUT2D eigenvalue weighted by molar-refractivity contribution is 0.194. The lowest BCUT2D eigenvalue weighted by Gasteiger charge is -2.40. The van der Waals surface area contributed by atoms with Crippen molar-refractivity contribution in [2.24, 2.45) is 7.05 Å². The second kappa shape index (κ2) is 12.3. The van der Waals surface area contributed by atoms with Gasteiger partial charge in [-0.2, -0.15) is 9.97 Å². The number of hydrogen-bond donors (Lipinski definition) is 0. The molecule has 0 radical (unpaired) electrons. The third kappa shape index (κ3) is 7.16. The smallest absolute Gasteiger partial charge is 0.330 e. The van der Waals surface area contributed by atoms with Crippen molar-refractivity contribution < 1.29 is 4.74 Å². The molecule has 2 aliphatic rings. The Hall–Kier alpha value is -1.25. The van der Waals surface area contributed by atoms with Crippen molar-refractivity contribution >= 4 is 32.8 Å². The van der Waals surface area contributed by atoms with Gasteiger partial charge >= 0.3 is 5.69 Å². The van der Waals surface area contributed by atoms with Crippen molar-refractivity contribution in [1.82, 2.24) is 24.0 Å². The van der Waals surface area contributed by atoms with E-state index in [0.29, 0.717) is 34.4 Å². The Kier molecular flexibility index (Phi) is 10.6. The zero-order valence-corrected chi connectivity index (χ0v) is 25.2. The highest BCUT2D eigenvalue weighted by Gasteiger charge is 2.27. The van der Waals surface area contributed by atoms with E-state index in [0.717, 1.165) is 38.6 Å². The van der Waals surface area contributed by atoms with Crippen LogP contribution >= 0.6 is 21.6 Å². The summed E-state index contributed by atoms with van der Waals surface area (Å²) in [7, 11) is 3.52. The van der Waals surface area contributed by atoms with Crippen molar-refractivity contribution in [1.29, 1.82) is 0 Å². The van der Waals surface area contributed by atoms with Crippen LogP contribution in [0.25, 0.3) is 11.2 Å². The Labute approximate surface area is 218 Å². The monoisotopic (exact) mass is 529 g/mol. The first-order valence-electron chi connectivity index (χ1n) is 13.0. The summed E-state index contributed by atoms with van der Waals surface area (Å²) in [6.07, 6.45) is 13.6. The van der Waals surface area contributed by atoms with Crippen LogP contribution in [0, 0.1) is 0 Å².